The quantitative estimate of drug-likeness (QED) is 0.749. The third-order valence-electron chi connectivity index (χ3n) is 4.35. The number of carbonyl (C=O) groups excluding carboxylic acids is 1. The summed E-state index contributed by atoms with van der Waals surface area (Å²) in [6.07, 6.45) is 1.45. The fourth-order valence-corrected chi connectivity index (χ4v) is 3.96. The van der Waals surface area contributed by atoms with Crippen LogP contribution < -0.4 is 15.4 Å². The fourth-order valence-electron chi connectivity index (χ4n) is 2.83. The Bertz CT molecular complexity index is 700. The van der Waals surface area contributed by atoms with Crippen LogP contribution in [0.1, 0.15) is 19.8 Å². The molecule has 1 saturated heterocycles. The van der Waals surface area contributed by atoms with E-state index in [0.29, 0.717) is 37.7 Å². The van der Waals surface area contributed by atoms with Gasteiger partial charge in [0, 0.05) is 33.7 Å². The molecule has 8 nitrogen and oxygen atoms in total. The first kappa shape index (κ1) is 20.5. The summed E-state index contributed by atoms with van der Waals surface area (Å²) in [7, 11) is -0.282. The predicted molar refractivity (Wildman–Crippen MR) is 102 cm³/mol. The molecule has 0 radical (unpaired) electrons. The molecule has 2 amide bonds. The van der Waals surface area contributed by atoms with E-state index >= 15 is 0 Å². The maximum atomic E-state index is 12.1. The summed E-state index contributed by atoms with van der Waals surface area (Å²) in [6.45, 7) is 3.87. The van der Waals surface area contributed by atoms with Gasteiger partial charge in [-0.2, -0.15) is 17.0 Å². The topological polar surface area (TPSA) is 91.0 Å². The van der Waals surface area contributed by atoms with Gasteiger partial charge in [-0.25, -0.2) is 4.79 Å². The van der Waals surface area contributed by atoms with E-state index in [-0.39, 0.29) is 11.9 Å². The van der Waals surface area contributed by atoms with E-state index in [1.165, 1.54) is 22.7 Å². The van der Waals surface area contributed by atoms with Gasteiger partial charge >= 0.3 is 6.03 Å². The third-order valence-corrected chi connectivity index (χ3v) is 6.29. The highest BCUT2D eigenvalue weighted by Gasteiger charge is 2.29. The van der Waals surface area contributed by atoms with Crippen molar-refractivity contribution in [1.82, 2.24) is 13.9 Å². The summed E-state index contributed by atoms with van der Waals surface area (Å²) in [5, 5.41) is 5.66. The second-order valence-corrected chi connectivity index (χ2v) is 8.54. The number of piperidine rings is 1. The molecule has 2 rings (SSSR count). The van der Waals surface area contributed by atoms with Crippen LogP contribution in [0.25, 0.3) is 0 Å². The van der Waals surface area contributed by atoms with Crippen molar-refractivity contribution < 1.29 is 17.9 Å². The van der Waals surface area contributed by atoms with Crippen LogP contribution in [0.15, 0.2) is 24.3 Å². The highest BCUT2D eigenvalue weighted by molar-refractivity contribution is 7.86. The van der Waals surface area contributed by atoms with E-state index in [2.05, 4.69) is 10.6 Å². The zero-order valence-corrected chi connectivity index (χ0v) is 16.4. The molecule has 1 aliphatic rings. The molecule has 0 saturated carbocycles. The van der Waals surface area contributed by atoms with E-state index in [0.717, 1.165) is 12.8 Å². The molecule has 26 heavy (non-hydrogen) atoms. The number of benzene rings is 1. The molecule has 1 aromatic rings. The van der Waals surface area contributed by atoms with E-state index < -0.39 is 10.2 Å². The Balaban J connectivity index is 1.79. The summed E-state index contributed by atoms with van der Waals surface area (Å²) >= 11 is 0. The Morgan fingerprint density at radius 1 is 1.27 bits per heavy atom. The highest BCUT2D eigenvalue weighted by Crippen LogP contribution is 2.24. The van der Waals surface area contributed by atoms with Crippen LogP contribution in [0.5, 0.6) is 5.75 Å². The number of amides is 2. The highest BCUT2D eigenvalue weighted by atomic mass is 32.2. The largest absolute Gasteiger partial charge is 0.492 e. The number of hydrogen-bond acceptors (Lipinski definition) is 4. The van der Waals surface area contributed by atoms with Gasteiger partial charge in [-0.05, 0) is 37.8 Å². The zero-order valence-electron chi connectivity index (χ0n) is 15.6. The van der Waals surface area contributed by atoms with Crippen molar-refractivity contribution in [2.24, 2.45) is 5.92 Å². The van der Waals surface area contributed by atoms with Gasteiger partial charge in [0.2, 0.25) is 0 Å². The predicted octanol–water partition coefficient (Wildman–Crippen LogP) is 1.73. The molecule has 0 bridgehead atoms. The van der Waals surface area contributed by atoms with Crippen molar-refractivity contribution in [2.75, 3.05) is 45.7 Å². The van der Waals surface area contributed by atoms with Crippen molar-refractivity contribution in [3.63, 3.8) is 0 Å². The second-order valence-electron chi connectivity index (χ2n) is 6.40. The number of urea groups is 1. The average Bonchev–Trinajstić information content (AvgIpc) is 2.62. The summed E-state index contributed by atoms with van der Waals surface area (Å²) in [5.74, 6) is 0.892. The van der Waals surface area contributed by atoms with Gasteiger partial charge in [0.15, 0.2) is 0 Å². The number of rotatable bonds is 7. The Labute approximate surface area is 155 Å². The van der Waals surface area contributed by atoms with Gasteiger partial charge < -0.3 is 15.4 Å². The van der Waals surface area contributed by atoms with E-state index in [1.807, 2.05) is 19.1 Å². The average molecular weight is 385 g/mol. The molecular formula is C17H28N4O4S. The summed E-state index contributed by atoms with van der Waals surface area (Å²) in [4.78, 5) is 12.1. The Hall–Kier alpha value is -1.84. The minimum absolute atomic E-state index is 0.261. The van der Waals surface area contributed by atoms with Gasteiger partial charge in [0.05, 0.1) is 12.3 Å². The molecule has 2 N–H and O–H groups in total. The van der Waals surface area contributed by atoms with Crippen LogP contribution in [0.4, 0.5) is 10.5 Å². The van der Waals surface area contributed by atoms with Crippen molar-refractivity contribution in [3.05, 3.63) is 24.3 Å². The number of nitrogens with zero attached hydrogens (tertiary/aromatic N) is 2. The Kier molecular flexibility index (Phi) is 7.24. The number of para-hydroxylation sites is 2. The first-order chi connectivity index (χ1) is 12.3. The monoisotopic (exact) mass is 384 g/mol. The van der Waals surface area contributed by atoms with E-state index in [1.54, 1.807) is 12.1 Å². The molecule has 0 aromatic heterocycles. The SMILES string of the molecule is CCOc1ccccc1NC(=O)NCC1CCN(S(=O)(=O)N(C)C)CC1. The number of nitrogens with one attached hydrogen (secondary N) is 2. The maximum Gasteiger partial charge on any atom is 0.319 e. The number of hydrogen-bond donors (Lipinski definition) is 2. The molecule has 146 valence electrons. The zero-order chi connectivity index (χ0) is 19.2. The lowest BCUT2D eigenvalue weighted by Gasteiger charge is -2.32. The van der Waals surface area contributed by atoms with Crippen LogP contribution in [-0.4, -0.2) is 63.4 Å². The second kappa shape index (κ2) is 9.20. The number of carbonyl (C=O) groups is 1. The summed E-state index contributed by atoms with van der Waals surface area (Å²) in [6, 6.07) is 6.98. The van der Waals surface area contributed by atoms with Gasteiger partial charge in [-0.3, -0.25) is 0 Å². The van der Waals surface area contributed by atoms with E-state index in [4.69, 9.17) is 4.74 Å². The van der Waals surface area contributed by atoms with Crippen LogP contribution in [0.2, 0.25) is 0 Å². The van der Waals surface area contributed by atoms with Gasteiger partial charge in [-0.15, -0.1) is 0 Å². The minimum Gasteiger partial charge on any atom is -0.492 e. The normalized spacial score (nSPS) is 16.5. The third kappa shape index (κ3) is 5.33. The Morgan fingerprint density at radius 3 is 2.54 bits per heavy atom. The number of ether oxygens (including phenoxy) is 1. The van der Waals surface area contributed by atoms with Crippen LogP contribution in [0.3, 0.4) is 0 Å². The first-order valence-corrected chi connectivity index (χ1v) is 10.2. The van der Waals surface area contributed by atoms with Gasteiger partial charge in [0.25, 0.3) is 10.2 Å². The molecule has 1 heterocycles. The van der Waals surface area contributed by atoms with Crippen LogP contribution >= 0.6 is 0 Å². The molecule has 0 atom stereocenters. The number of anilines is 1. The minimum atomic E-state index is -3.35. The molecular weight excluding hydrogens is 356 g/mol. The van der Waals surface area contributed by atoms with Crippen molar-refractivity contribution >= 4 is 21.9 Å². The molecule has 1 fully saturated rings. The lowest BCUT2D eigenvalue weighted by Crippen LogP contribution is -2.46. The lowest BCUT2D eigenvalue weighted by atomic mass is 9.98. The van der Waals surface area contributed by atoms with Gasteiger partial charge in [0.1, 0.15) is 5.75 Å². The van der Waals surface area contributed by atoms with Crippen LogP contribution in [-0.2, 0) is 10.2 Å². The molecule has 9 heteroatoms. The van der Waals surface area contributed by atoms with Crippen molar-refractivity contribution in [1.29, 1.82) is 0 Å². The molecule has 0 aliphatic carbocycles. The first-order valence-electron chi connectivity index (χ1n) is 8.79. The molecule has 0 unspecified atom stereocenters. The molecule has 1 aliphatic heterocycles. The standard InChI is InChI=1S/C17H28N4O4S/c1-4-25-16-8-6-5-7-15(16)19-17(22)18-13-14-9-11-21(12-10-14)26(23,24)20(2)3/h5-8,14H,4,9-13H2,1-3H3,(H2,18,19,22). The Morgan fingerprint density at radius 2 is 1.92 bits per heavy atom. The lowest BCUT2D eigenvalue weighted by molar-refractivity contribution is 0.238. The van der Waals surface area contributed by atoms with Crippen LogP contribution in [0, 0.1) is 5.92 Å². The summed E-state index contributed by atoms with van der Waals surface area (Å²) < 4.78 is 32.4. The fraction of sp³-hybridized carbons (Fsp3) is 0.588. The van der Waals surface area contributed by atoms with Crippen molar-refractivity contribution in [2.45, 2.75) is 19.8 Å². The summed E-state index contributed by atoms with van der Waals surface area (Å²) in [5.41, 5.74) is 0.624. The smallest absolute Gasteiger partial charge is 0.319 e. The van der Waals surface area contributed by atoms with Crippen molar-refractivity contribution in [3.8, 4) is 5.75 Å². The molecule has 0 spiro atoms. The molecule has 1 aromatic carbocycles. The van der Waals surface area contributed by atoms with Gasteiger partial charge in [-0.1, -0.05) is 12.1 Å². The maximum absolute atomic E-state index is 12.1. The van der Waals surface area contributed by atoms with E-state index in [9.17, 15) is 13.2 Å².